The maximum atomic E-state index is 6.06. The maximum absolute atomic E-state index is 6.06. The highest BCUT2D eigenvalue weighted by atomic mass is 79.9. The number of alkyl halides is 1. The first-order chi connectivity index (χ1) is 9.33. The van der Waals surface area contributed by atoms with Gasteiger partial charge in [0.15, 0.2) is 0 Å². The molecule has 1 aromatic rings. The summed E-state index contributed by atoms with van der Waals surface area (Å²) in [6.07, 6.45) is 3.29. The van der Waals surface area contributed by atoms with Gasteiger partial charge in [-0.25, -0.2) is 0 Å². The van der Waals surface area contributed by atoms with E-state index in [0.29, 0.717) is 6.61 Å². The van der Waals surface area contributed by atoms with Crippen LogP contribution in [0.25, 0.3) is 0 Å². The molecule has 1 fully saturated rings. The largest absolute Gasteiger partial charge is 0.493 e. The van der Waals surface area contributed by atoms with Gasteiger partial charge in [0.2, 0.25) is 0 Å². The first-order valence-electron chi connectivity index (χ1n) is 6.89. The molecule has 0 radical (unpaired) electrons. The summed E-state index contributed by atoms with van der Waals surface area (Å²) in [5.74, 6) is 1.78. The Kier molecular flexibility index (Phi) is 5.98. The molecule has 0 saturated carbocycles. The van der Waals surface area contributed by atoms with Gasteiger partial charge in [-0.15, -0.1) is 0 Å². The van der Waals surface area contributed by atoms with Crippen LogP contribution in [0.15, 0.2) is 18.2 Å². The fourth-order valence-corrected chi connectivity index (χ4v) is 2.51. The van der Waals surface area contributed by atoms with E-state index in [2.05, 4.69) is 28.9 Å². The van der Waals surface area contributed by atoms with E-state index in [0.717, 1.165) is 54.9 Å². The van der Waals surface area contributed by atoms with E-state index in [9.17, 15) is 0 Å². The average molecular weight is 329 g/mol. The summed E-state index contributed by atoms with van der Waals surface area (Å²) in [6.45, 7) is 4.37. The number of hydrogen-bond donors (Lipinski definition) is 0. The Hall–Kier alpha value is -0.740. The van der Waals surface area contributed by atoms with Gasteiger partial charge >= 0.3 is 0 Å². The number of benzene rings is 1. The molecule has 0 amide bonds. The normalized spacial score (nSPS) is 19.2. The lowest BCUT2D eigenvalue weighted by Gasteiger charge is -2.24. The monoisotopic (exact) mass is 328 g/mol. The van der Waals surface area contributed by atoms with Crippen LogP contribution < -0.4 is 9.47 Å². The summed E-state index contributed by atoms with van der Waals surface area (Å²) in [5, 5.41) is 0.782. The standard InChI is InChI=1S/C15H21BrO3/c1-2-7-18-13-6-5-12(10-16)15(9-13)19-14-4-3-8-17-11-14/h5-6,9,14H,2-4,7-8,10-11H2,1H3. The van der Waals surface area contributed by atoms with Crippen LogP contribution in [0.3, 0.4) is 0 Å². The molecule has 2 rings (SSSR count). The molecule has 1 aliphatic rings. The molecule has 0 N–H and O–H groups in total. The predicted molar refractivity (Wildman–Crippen MR) is 79.3 cm³/mol. The molecule has 1 heterocycles. The zero-order valence-electron chi connectivity index (χ0n) is 11.4. The van der Waals surface area contributed by atoms with Crippen LogP contribution >= 0.6 is 15.9 Å². The van der Waals surface area contributed by atoms with Crippen molar-refractivity contribution in [2.45, 2.75) is 37.6 Å². The van der Waals surface area contributed by atoms with Crippen LogP contribution in [-0.2, 0) is 10.1 Å². The number of rotatable bonds is 6. The van der Waals surface area contributed by atoms with E-state index in [1.807, 2.05) is 12.1 Å². The summed E-state index contributed by atoms with van der Waals surface area (Å²) in [5.41, 5.74) is 1.15. The van der Waals surface area contributed by atoms with Crippen molar-refractivity contribution < 1.29 is 14.2 Å². The molecular weight excluding hydrogens is 308 g/mol. The summed E-state index contributed by atoms with van der Waals surface area (Å²) in [7, 11) is 0. The average Bonchev–Trinajstić information content (AvgIpc) is 2.46. The van der Waals surface area contributed by atoms with E-state index in [4.69, 9.17) is 14.2 Å². The summed E-state index contributed by atoms with van der Waals surface area (Å²) < 4.78 is 17.2. The summed E-state index contributed by atoms with van der Waals surface area (Å²) in [4.78, 5) is 0. The van der Waals surface area contributed by atoms with Crippen molar-refractivity contribution in [1.29, 1.82) is 0 Å². The van der Waals surface area contributed by atoms with Crippen molar-refractivity contribution in [3.05, 3.63) is 23.8 Å². The van der Waals surface area contributed by atoms with E-state index in [1.54, 1.807) is 0 Å². The molecular formula is C15H21BrO3. The topological polar surface area (TPSA) is 27.7 Å². The van der Waals surface area contributed by atoms with Gasteiger partial charge in [-0.3, -0.25) is 0 Å². The molecule has 1 unspecified atom stereocenters. The van der Waals surface area contributed by atoms with Crippen LogP contribution in [0.1, 0.15) is 31.7 Å². The van der Waals surface area contributed by atoms with Gasteiger partial charge in [0.25, 0.3) is 0 Å². The molecule has 0 spiro atoms. The third kappa shape index (κ3) is 4.39. The Labute approximate surface area is 123 Å². The fourth-order valence-electron chi connectivity index (χ4n) is 2.05. The molecule has 0 aromatic heterocycles. The van der Waals surface area contributed by atoms with Crippen LogP contribution in [0.2, 0.25) is 0 Å². The zero-order chi connectivity index (χ0) is 13.5. The van der Waals surface area contributed by atoms with Crippen LogP contribution in [0, 0.1) is 0 Å². The number of hydrogen-bond acceptors (Lipinski definition) is 3. The van der Waals surface area contributed by atoms with Crippen LogP contribution in [0.5, 0.6) is 11.5 Å². The molecule has 3 nitrogen and oxygen atoms in total. The molecule has 0 bridgehead atoms. The van der Waals surface area contributed by atoms with E-state index >= 15 is 0 Å². The van der Waals surface area contributed by atoms with Crippen LogP contribution in [-0.4, -0.2) is 25.9 Å². The van der Waals surface area contributed by atoms with Crippen molar-refractivity contribution in [2.75, 3.05) is 19.8 Å². The molecule has 4 heteroatoms. The highest BCUT2D eigenvalue weighted by Gasteiger charge is 2.17. The van der Waals surface area contributed by atoms with Gasteiger partial charge in [-0.05, 0) is 25.3 Å². The maximum Gasteiger partial charge on any atom is 0.127 e. The third-order valence-electron chi connectivity index (χ3n) is 3.07. The Morgan fingerprint density at radius 3 is 3.00 bits per heavy atom. The molecule has 106 valence electrons. The third-order valence-corrected chi connectivity index (χ3v) is 3.67. The Morgan fingerprint density at radius 1 is 1.42 bits per heavy atom. The minimum Gasteiger partial charge on any atom is -0.493 e. The lowest BCUT2D eigenvalue weighted by Crippen LogP contribution is -2.28. The van der Waals surface area contributed by atoms with Gasteiger partial charge in [0.1, 0.15) is 17.6 Å². The first-order valence-corrected chi connectivity index (χ1v) is 8.01. The van der Waals surface area contributed by atoms with Crippen molar-refractivity contribution in [3.8, 4) is 11.5 Å². The smallest absolute Gasteiger partial charge is 0.127 e. The van der Waals surface area contributed by atoms with E-state index in [-0.39, 0.29) is 6.10 Å². The van der Waals surface area contributed by atoms with Gasteiger partial charge in [-0.2, -0.15) is 0 Å². The van der Waals surface area contributed by atoms with Gasteiger partial charge in [0.05, 0.1) is 13.2 Å². The van der Waals surface area contributed by atoms with Crippen molar-refractivity contribution in [1.82, 2.24) is 0 Å². The van der Waals surface area contributed by atoms with E-state index in [1.165, 1.54) is 0 Å². The SMILES string of the molecule is CCCOc1ccc(CBr)c(OC2CCCOC2)c1. The lowest BCUT2D eigenvalue weighted by molar-refractivity contribution is 0.00704. The highest BCUT2D eigenvalue weighted by molar-refractivity contribution is 9.08. The Bertz CT molecular complexity index is 389. The molecule has 1 saturated heterocycles. The minimum atomic E-state index is 0.160. The first kappa shape index (κ1) is 14.7. The predicted octanol–water partition coefficient (Wildman–Crippen LogP) is 3.93. The minimum absolute atomic E-state index is 0.160. The van der Waals surface area contributed by atoms with Crippen LogP contribution in [0.4, 0.5) is 0 Å². The fraction of sp³-hybridized carbons (Fsp3) is 0.600. The molecule has 1 aromatic carbocycles. The Morgan fingerprint density at radius 2 is 2.32 bits per heavy atom. The molecule has 19 heavy (non-hydrogen) atoms. The number of ether oxygens (including phenoxy) is 3. The van der Waals surface area contributed by atoms with Gasteiger partial charge in [0, 0.05) is 23.6 Å². The second-order valence-electron chi connectivity index (χ2n) is 4.71. The summed E-state index contributed by atoms with van der Waals surface area (Å²) >= 11 is 3.50. The Balaban J connectivity index is 2.06. The highest BCUT2D eigenvalue weighted by Crippen LogP contribution is 2.29. The second kappa shape index (κ2) is 7.75. The van der Waals surface area contributed by atoms with Gasteiger partial charge in [-0.1, -0.05) is 28.9 Å². The quantitative estimate of drug-likeness (QED) is 0.740. The van der Waals surface area contributed by atoms with Crippen molar-refractivity contribution in [2.24, 2.45) is 0 Å². The number of halogens is 1. The second-order valence-corrected chi connectivity index (χ2v) is 5.27. The van der Waals surface area contributed by atoms with E-state index < -0.39 is 0 Å². The molecule has 1 atom stereocenters. The van der Waals surface area contributed by atoms with Crippen molar-refractivity contribution in [3.63, 3.8) is 0 Å². The lowest BCUT2D eigenvalue weighted by atomic mass is 10.1. The molecule has 1 aliphatic heterocycles. The molecule has 0 aliphatic carbocycles. The van der Waals surface area contributed by atoms with Gasteiger partial charge < -0.3 is 14.2 Å². The zero-order valence-corrected chi connectivity index (χ0v) is 12.9. The summed E-state index contributed by atoms with van der Waals surface area (Å²) in [6, 6.07) is 6.04. The van der Waals surface area contributed by atoms with Crippen molar-refractivity contribution >= 4 is 15.9 Å².